The zero-order chi connectivity index (χ0) is 14.3. The molecule has 0 atom stereocenters. The third-order valence-corrected chi connectivity index (χ3v) is 2.32. The number of imidazole rings is 1. The summed E-state index contributed by atoms with van der Waals surface area (Å²) in [5, 5.41) is 16.2. The zero-order valence-corrected chi connectivity index (χ0v) is 10.6. The number of aliphatic carboxylic acids is 2. The summed E-state index contributed by atoms with van der Waals surface area (Å²) < 4.78 is 0. The molecule has 6 heteroatoms. The number of rotatable bonds is 4. The van der Waals surface area contributed by atoms with E-state index in [-0.39, 0.29) is 12.8 Å². The van der Waals surface area contributed by atoms with Crippen LogP contribution in [0.2, 0.25) is 0 Å². The van der Waals surface area contributed by atoms with Gasteiger partial charge in [0.15, 0.2) is 0 Å². The Bertz CT molecular complexity index is 530. The molecule has 2 rings (SSSR count). The molecule has 0 radical (unpaired) electrons. The highest BCUT2D eigenvalue weighted by Crippen LogP contribution is 2.11. The Morgan fingerprint density at radius 3 is 2.37 bits per heavy atom. The first-order valence-electron chi connectivity index (χ1n) is 5.90. The van der Waals surface area contributed by atoms with Crippen LogP contribution in [-0.4, -0.2) is 32.1 Å². The van der Waals surface area contributed by atoms with Gasteiger partial charge in [0.05, 0.1) is 17.5 Å². The van der Waals surface area contributed by atoms with E-state index in [1.165, 1.54) is 0 Å². The molecule has 0 aliphatic rings. The minimum atomic E-state index is -0.801. The molecule has 0 saturated heterocycles. The number of carboxylic acids is 2. The molecule has 2 aromatic rings. The van der Waals surface area contributed by atoms with Gasteiger partial charge >= 0.3 is 11.9 Å². The van der Waals surface area contributed by atoms with E-state index >= 15 is 0 Å². The van der Waals surface area contributed by atoms with Crippen molar-refractivity contribution in [1.82, 2.24) is 9.97 Å². The quantitative estimate of drug-likeness (QED) is 0.784. The lowest BCUT2D eigenvalue weighted by atomic mass is 10.3. The zero-order valence-electron chi connectivity index (χ0n) is 10.6. The van der Waals surface area contributed by atoms with Gasteiger partial charge in [-0.05, 0) is 12.1 Å². The highest BCUT2D eigenvalue weighted by molar-refractivity contribution is 5.75. The van der Waals surface area contributed by atoms with E-state index in [1.807, 2.05) is 24.3 Å². The Morgan fingerprint density at radius 2 is 1.84 bits per heavy atom. The van der Waals surface area contributed by atoms with Crippen LogP contribution in [0, 0.1) is 0 Å². The first kappa shape index (κ1) is 14.7. The molecule has 0 amide bonds. The number of hydrogen-bond acceptors (Lipinski definition) is 3. The molecule has 0 spiro atoms. The Kier molecular flexibility index (Phi) is 5.53. The van der Waals surface area contributed by atoms with Crippen LogP contribution in [0.3, 0.4) is 0 Å². The van der Waals surface area contributed by atoms with Crippen LogP contribution in [0.15, 0.2) is 24.3 Å². The summed E-state index contributed by atoms with van der Waals surface area (Å²) in [6.45, 7) is 1.60. The Balaban J connectivity index is 0.000000312. The molecule has 3 N–H and O–H groups in total. The summed E-state index contributed by atoms with van der Waals surface area (Å²) in [5.41, 5.74) is 1.83. The topological polar surface area (TPSA) is 103 Å². The maximum atomic E-state index is 10.3. The number of fused-ring (bicyclic) bond motifs is 1. The van der Waals surface area contributed by atoms with Crippen LogP contribution < -0.4 is 0 Å². The van der Waals surface area contributed by atoms with Gasteiger partial charge in [-0.15, -0.1) is 0 Å². The first-order chi connectivity index (χ1) is 9.02. The van der Waals surface area contributed by atoms with E-state index in [2.05, 4.69) is 9.97 Å². The SMILES string of the molecule is CCC(=O)O.O=C(O)CCc1nc2ccccc2[nH]1. The Labute approximate surface area is 110 Å². The molecule has 0 aliphatic heterocycles. The minimum Gasteiger partial charge on any atom is -0.481 e. The number of nitrogens with zero attached hydrogens (tertiary/aromatic N) is 1. The molecule has 102 valence electrons. The molecule has 1 aromatic carbocycles. The molecule has 0 fully saturated rings. The van der Waals surface area contributed by atoms with Gasteiger partial charge in [0, 0.05) is 12.8 Å². The number of carboxylic acid groups (broad SMARTS) is 2. The van der Waals surface area contributed by atoms with Gasteiger partial charge in [-0.1, -0.05) is 19.1 Å². The maximum absolute atomic E-state index is 10.3. The second-order valence-corrected chi connectivity index (χ2v) is 3.84. The van der Waals surface area contributed by atoms with Crippen molar-refractivity contribution in [3.8, 4) is 0 Å². The maximum Gasteiger partial charge on any atom is 0.303 e. The number of hydrogen-bond donors (Lipinski definition) is 3. The van der Waals surface area contributed by atoms with Gasteiger partial charge in [0.1, 0.15) is 5.82 Å². The fourth-order valence-corrected chi connectivity index (χ4v) is 1.35. The van der Waals surface area contributed by atoms with Crippen molar-refractivity contribution >= 4 is 23.0 Å². The van der Waals surface area contributed by atoms with E-state index in [9.17, 15) is 9.59 Å². The van der Waals surface area contributed by atoms with Crippen LogP contribution >= 0.6 is 0 Å². The standard InChI is InChI=1S/C10H10N2O2.C3H6O2/c13-10(14)6-5-9-11-7-3-1-2-4-8(7)12-9;1-2-3(4)5/h1-4H,5-6H2,(H,11,12)(H,13,14);2H2,1H3,(H,4,5). The van der Waals surface area contributed by atoms with Crippen molar-refractivity contribution in [3.05, 3.63) is 30.1 Å². The van der Waals surface area contributed by atoms with E-state index in [4.69, 9.17) is 10.2 Å². The smallest absolute Gasteiger partial charge is 0.303 e. The van der Waals surface area contributed by atoms with Crippen molar-refractivity contribution in [2.75, 3.05) is 0 Å². The second-order valence-electron chi connectivity index (χ2n) is 3.84. The lowest BCUT2D eigenvalue weighted by molar-refractivity contribution is -0.137. The largest absolute Gasteiger partial charge is 0.481 e. The van der Waals surface area contributed by atoms with Gasteiger partial charge < -0.3 is 15.2 Å². The molecule has 1 aromatic heterocycles. The molecule has 0 saturated carbocycles. The summed E-state index contributed by atoms with van der Waals surface area (Å²) >= 11 is 0. The molecule has 0 aliphatic carbocycles. The average molecular weight is 264 g/mol. The number of benzene rings is 1. The van der Waals surface area contributed by atoms with E-state index in [0.717, 1.165) is 16.9 Å². The van der Waals surface area contributed by atoms with E-state index in [0.29, 0.717) is 6.42 Å². The summed E-state index contributed by atoms with van der Waals surface area (Å²) in [6, 6.07) is 7.65. The molecule has 1 heterocycles. The Hall–Kier alpha value is -2.37. The normalized spacial score (nSPS) is 9.74. The fourth-order valence-electron chi connectivity index (χ4n) is 1.35. The summed E-state index contributed by atoms with van der Waals surface area (Å²) in [5.74, 6) is -0.816. The molecular weight excluding hydrogens is 248 g/mol. The molecule has 0 unspecified atom stereocenters. The van der Waals surface area contributed by atoms with Crippen molar-refractivity contribution < 1.29 is 19.8 Å². The van der Waals surface area contributed by atoms with Gasteiger partial charge in [0.2, 0.25) is 0 Å². The van der Waals surface area contributed by atoms with Crippen LogP contribution in [0.1, 0.15) is 25.6 Å². The lowest BCUT2D eigenvalue weighted by Crippen LogP contribution is -1.98. The lowest BCUT2D eigenvalue weighted by Gasteiger charge is -1.89. The number of carbonyl (C=O) groups is 2. The Morgan fingerprint density at radius 1 is 1.21 bits per heavy atom. The van der Waals surface area contributed by atoms with Crippen LogP contribution in [0.25, 0.3) is 11.0 Å². The predicted molar refractivity (Wildman–Crippen MR) is 70.0 cm³/mol. The highest BCUT2D eigenvalue weighted by Gasteiger charge is 2.03. The number of aromatic nitrogens is 2. The summed E-state index contributed by atoms with van der Waals surface area (Å²) in [4.78, 5) is 27.1. The van der Waals surface area contributed by atoms with Crippen LogP contribution in [-0.2, 0) is 16.0 Å². The molecule has 6 nitrogen and oxygen atoms in total. The van der Waals surface area contributed by atoms with Crippen molar-refractivity contribution in [2.24, 2.45) is 0 Å². The summed E-state index contributed by atoms with van der Waals surface area (Å²) in [7, 11) is 0. The van der Waals surface area contributed by atoms with E-state index < -0.39 is 11.9 Å². The number of aromatic amines is 1. The van der Waals surface area contributed by atoms with Crippen molar-refractivity contribution in [2.45, 2.75) is 26.2 Å². The van der Waals surface area contributed by atoms with Crippen LogP contribution in [0.5, 0.6) is 0 Å². The number of aryl methyl sites for hydroxylation is 1. The molecule has 0 bridgehead atoms. The van der Waals surface area contributed by atoms with Crippen LogP contribution in [0.4, 0.5) is 0 Å². The number of H-pyrrole nitrogens is 1. The number of nitrogens with one attached hydrogen (secondary N) is 1. The van der Waals surface area contributed by atoms with Gasteiger partial charge in [-0.3, -0.25) is 9.59 Å². The first-order valence-corrected chi connectivity index (χ1v) is 5.90. The minimum absolute atomic E-state index is 0.111. The highest BCUT2D eigenvalue weighted by atomic mass is 16.4. The third kappa shape index (κ3) is 5.20. The van der Waals surface area contributed by atoms with Gasteiger partial charge in [-0.25, -0.2) is 4.98 Å². The monoisotopic (exact) mass is 264 g/mol. The molecular formula is C13H16N2O4. The summed E-state index contributed by atoms with van der Waals surface area (Å²) in [6.07, 6.45) is 0.782. The number of para-hydroxylation sites is 2. The second kappa shape index (κ2) is 7.15. The average Bonchev–Trinajstić information content (AvgIpc) is 2.79. The van der Waals surface area contributed by atoms with Crippen molar-refractivity contribution in [1.29, 1.82) is 0 Å². The van der Waals surface area contributed by atoms with Crippen molar-refractivity contribution in [3.63, 3.8) is 0 Å². The van der Waals surface area contributed by atoms with Gasteiger partial charge in [-0.2, -0.15) is 0 Å². The van der Waals surface area contributed by atoms with Gasteiger partial charge in [0.25, 0.3) is 0 Å². The fraction of sp³-hybridized carbons (Fsp3) is 0.308. The van der Waals surface area contributed by atoms with E-state index in [1.54, 1.807) is 6.92 Å². The molecule has 19 heavy (non-hydrogen) atoms. The third-order valence-electron chi connectivity index (χ3n) is 2.32. The predicted octanol–water partition coefficient (Wildman–Crippen LogP) is 2.06.